The van der Waals surface area contributed by atoms with Crippen LogP contribution < -0.4 is 19.7 Å². The molecule has 0 aliphatic heterocycles. The van der Waals surface area contributed by atoms with Crippen molar-refractivity contribution in [2.24, 2.45) is 0 Å². The molecule has 3 rings (SSSR count). The monoisotopic (exact) mass is 242 g/mol. The maximum absolute atomic E-state index is 12.0. The highest BCUT2D eigenvalue weighted by atomic mass is 16.5. The van der Waals surface area contributed by atoms with Crippen LogP contribution in [0.4, 0.5) is 0 Å². The molecule has 0 N–H and O–H groups in total. The van der Waals surface area contributed by atoms with Gasteiger partial charge in [-0.15, -0.1) is 0 Å². The zero-order valence-electron chi connectivity index (χ0n) is 8.99. The Morgan fingerprint density at radius 2 is 1.06 bits per heavy atom. The van der Waals surface area contributed by atoms with Gasteiger partial charge in [0.05, 0.1) is 0 Å². The molecule has 2 aromatic carbocycles. The Hall–Kier alpha value is -2.76. The van der Waals surface area contributed by atoms with Crippen molar-refractivity contribution in [2.45, 2.75) is 0 Å². The van der Waals surface area contributed by atoms with Gasteiger partial charge < -0.3 is 20.6 Å². The van der Waals surface area contributed by atoms with Crippen LogP contribution in [0.1, 0.15) is 0 Å². The standard InChI is InChI=1S/C12H8N2O4/c15-9-5-1-3-7-11(9)14(18)8-4-2-6-10(16)12(8)13(7)17/h1-6,15-16H/p-2. The third-order valence-corrected chi connectivity index (χ3v) is 2.80. The number of rotatable bonds is 0. The highest BCUT2D eigenvalue weighted by Gasteiger charge is 2.21. The molecule has 0 bridgehead atoms. The van der Waals surface area contributed by atoms with E-state index in [0.29, 0.717) is 9.46 Å². The summed E-state index contributed by atoms with van der Waals surface area (Å²) in [4.78, 5) is 0. The van der Waals surface area contributed by atoms with Crippen molar-refractivity contribution in [1.29, 1.82) is 0 Å². The Balaban J connectivity index is 2.70. The van der Waals surface area contributed by atoms with E-state index in [9.17, 15) is 20.6 Å². The minimum absolute atomic E-state index is 0.103. The summed E-state index contributed by atoms with van der Waals surface area (Å²) in [6.45, 7) is 0. The Bertz CT molecular complexity index is 718. The van der Waals surface area contributed by atoms with E-state index in [-0.39, 0.29) is 22.1 Å². The van der Waals surface area contributed by atoms with E-state index in [4.69, 9.17) is 0 Å². The van der Waals surface area contributed by atoms with E-state index < -0.39 is 11.5 Å². The lowest BCUT2D eigenvalue weighted by molar-refractivity contribution is -0.594. The zero-order valence-corrected chi connectivity index (χ0v) is 8.99. The second-order valence-corrected chi connectivity index (χ2v) is 3.84. The molecule has 0 aliphatic rings. The first-order valence-corrected chi connectivity index (χ1v) is 5.16. The summed E-state index contributed by atoms with van der Waals surface area (Å²) in [5.41, 5.74) is -0.724. The molecule has 18 heavy (non-hydrogen) atoms. The van der Waals surface area contributed by atoms with Crippen LogP contribution >= 0.6 is 0 Å². The molecule has 0 spiro atoms. The van der Waals surface area contributed by atoms with Gasteiger partial charge in [0, 0.05) is 12.1 Å². The minimum Gasteiger partial charge on any atom is -0.868 e. The van der Waals surface area contributed by atoms with Crippen LogP contribution in [0.3, 0.4) is 0 Å². The van der Waals surface area contributed by atoms with Gasteiger partial charge in [-0.3, -0.25) is 0 Å². The van der Waals surface area contributed by atoms with E-state index in [0.717, 1.165) is 0 Å². The summed E-state index contributed by atoms with van der Waals surface area (Å²) in [6, 6.07) is 7.82. The van der Waals surface area contributed by atoms with Crippen LogP contribution in [0.2, 0.25) is 0 Å². The molecule has 1 heterocycles. The molecule has 0 amide bonds. The van der Waals surface area contributed by atoms with Crippen molar-refractivity contribution in [3.8, 4) is 11.5 Å². The summed E-state index contributed by atoms with van der Waals surface area (Å²) >= 11 is 0. The minimum atomic E-state index is -0.551. The van der Waals surface area contributed by atoms with E-state index in [1.54, 1.807) is 0 Å². The summed E-state index contributed by atoms with van der Waals surface area (Å²) in [6.07, 6.45) is 0. The number of para-hydroxylation sites is 2. The number of fused-ring (bicyclic) bond motifs is 2. The average Bonchev–Trinajstić information content (AvgIpc) is 2.35. The third-order valence-electron chi connectivity index (χ3n) is 2.80. The van der Waals surface area contributed by atoms with Gasteiger partial charge >= 0.3 is 0 Å². The molecular formula is C12H6N2O4-2. The number of hydrogen-bond donors (Lipinski definition) is 0. The van der Waals surface area contributed by atoms with E-state index >= 15 is 0 Å². The number of benzene rings is 2. The quantitative estimate of drug-likeness (QED) is 0.298. The second kappa shape index (κ2) is 3.36. The average molecular weight is 242 g/mol. The Kier molecular flexibility index (Phi) is 1.94. The van der Waals surface area contributed by atoms with Crippen molar-refractivity contribution in [2.75, 3.05) is 0 Å². The largest absolute Gasteiger partial charge is 0.868 e. The highest BCUT2D eigenvalue weighted by molar-refractivity contribution is 5.82. The first-order valence-electron chi connectivity index (χ1n) is 5.16. The van der Waals surface area contributed by atoms with Gasteiger partial charge in [0.1, 0.15) is 0 Å². The summed E-state index contributed by atoms with van der Waals surface area (Å²) in [5.74, 6) is -1.10. The SMILES string of the molecule is [O-]c1cccc2c1[n+]([O-])c1cccc([O-])c1[n+]2[O-]. The molecule has 1 aromatic heterocycles. The topological polar surface area (TPSA) is 100 Å². The van der Waals surface area contributed by atoms with E-state index in [1.165, 1.54) is 36.4 Å². The first-order chi connectivity index (χ1) is 8.61. The van der Waals surface area contributed by atoms with Gasteiger partial charge in [-0.25, -0.2) is 0 Å². The smallest absolute Gasteiger partial charge is 0.289 e. The molecule has 0 aliphatic carbocycles. The summed E-state index contributed by atoms with van der Waals surface area (Å²) < 4.78 is 0.672. The first kappa shape index (κ1) is 10.4. The van der Waals surface area contributed by atoms with Crippen LogP contribution in [0.15, 0.2) is 36.4 Å². The summed E-state index contributed by atoms with van der Waals surface area (Å²) in [7, 11) is 0. The van der Waals surface area contributed by atoms with Crippen LogP contribution in [0, 0.1) is 10.4 Å². The Labute approximate surface area is 101 Å². The maximum Gasteiger partial charge on any atom is 0.289 e. The lowest BCUT2D eigenvalue weighted by Gasteiger charge is -2.14. The molecule has 0 fully saturated rings. The van der Waals surface area contributed by atoms with Crippen molar-refractivity contribution >= 4 is 22.1 Å². The van der Waals surface area contributed by atoms with Gasteiger partial charge in [-0.1, -0.05) is 24.3 Å². The predicted molar refractivity (Wildman–Crippen MR) is 58.3 cm³/mol. The molecule has 0 saturated heterocycles. The molecular weight excluding hydrogens is 236 g/mol. The molecule has 6 nitrogen and oxygen atoms in total. The molecule has 0 unspecified atom stereocenters. The lowest BCUT2D eigenvalue weighted by atomic mass is 10.2. The van der Waals surface area contributed by atoms with Gasteiger partial charge in [-0.2, -0.15) is 9.46 Å². The molecule has 0 atom stereocenters. The van der Waals surface area contributed by atoms with Gasteiger partial charge in [0.2, 0.25) is 0 Å². The van der Waals surface area contributed by atoms with Crippen LogP contribution in [-0.4, -0.2) is 0 Å². The molecule has 0 saturated carbocycles. The zero-order chi connectivity index (χ0) is 12.9. The van der Waals surface area contributed by atoms with Crippen molar-refractivity contribution < 1.29 is 19.7 Å². The van der Waals surface area contributed by atoms with Crippen LogP contribution in [-0.2, 0) is 0 Å². The lowest BCUT2D eigenvalue weighted by Crippen LogP contribution is -2.40. The fourth-order valence-electron chi connectivity index (χ4n) is 2.00. The van der Waals surface area contributed by atoms with Crippen LogP contribution in [0.25, 0.3) is 22.1 Å². The van der Waals surface area contributed by atoms with Gasteiger partial charge in [0.25, 0.3) is 22.1 Å². The highest BCUT2D eigenvalue weighted by Crippen LogP contribution is 2.21. The van der Waals surface area contributed by atoms with E-state index in [1.807, 2.05) is 0 Å². The summed E-state index contributed by atoms with van der Waals surface area (Å²) in [5, 5.41) is 47.3. The Morgan fingerprint density at radius 3 is 1.44 bits per heavy atom. The van der Waals surface area contributed by atoms with Gasteiger partial charge in [0.15, 0.2) is 0 Å². The fourth-order valence-corrected chi connectivity index (χ4v) is 2.00. The molecule has 6 heteroatoms. The van der Waals surface area contributed by atoms with Crippen molar-refractivity contribution in [1.82, 2.24) is 0 Å². The molecule has 90 valence electrons. The number of aromatic nitrogens is 2. The molecule has 0 radical (unpaired) electrons. The van der Waals surface area contributed by atoms with Crippen LogP contribution in [0.5, 0.6) is 11.5 Å². The normalized spacial score (nSPS) is 11.1. The Morgan fingerprint density at radius 1 is 0.667 bits per heavy atom. The fraction of sp³-hybridized carbons (Fsp3) is 0. The molecule has 3 aromatic rings. The van der Waals surface area contributed by atoms with E-state index in [2.05, 4.69) is 0 Å². The van der Waals surface area contributed by atoms with Gasteiger partial charge in [-0.05, 0) is 11.5 Å². The van der Waals surface area contributed by atoms with Crippen molar-refractivity contribution in [3.63, 3.8) is 0 Å². The second-order valence-electron chi connectivity index (χ2n) is 3.84. The number of hydrogen-bond acceptors (Lipinski definition) is 4. The maximum atomic E-state index is 12.0. The van der Waals surface area contributed by atoms with Crippen molar-refractivity contribution in [3.05, 3.63) is 46.8 Å². The number of nitrogens with zero attached hydrogens (tertiary/aromatic N) is 2. The predicted octanol–water partition coefficient (Wildman–Crippen LogP) is -0.593. The third kappa shape index (κ3) is 1.17.